The van der Waals surface area contributed by atoms with Crippen molar-refractivity contribution in [3.8, 4) is 0 Å². The average Bonchev–Trinajstić information content (AvgIpc) is 3.04. The van der Waals surface area contributed by atoms with Crippen molar-refractivity contribution in [2.75, 3.05) is 0 Å². The second kappa shape index (κ2) is 5.83. The van der Waals surface area contributed by atoms with E-state index >= 15 is 0 Å². The third kappa shape index (κ3) is 3.08. The summed E-state index contributed by atoms with van der Waals surface area (Å²) in [4.78, 5) is 19.7. The molecule has 1 unspecified atom stereocenters. The van der Waals surface area contributed by atoms with Crippen molar-refractivity contribution in [3.05, 3.63) is 46.9 Å². The Bertz CT molecular complexity index is 867. The van der Waals surface area contributed by atoms with Gasteiger partial charge in [-0.2, -0.15) is 5.10 Å². The molecular weight excluding hydrogens is 297 g/mol. The molecule has 7 heteroatoms. The maximum atomic E-state index is 13.5. The molecule has 0 radical (unpaired) electrons. The number of amides is 1. The Morgan fingerprint density at radius 3 is 2.87 bits per heavy atom. The molecule has 0 aliphatic heterocycles. The smallest absolute Gasteiger partial charge is 0.225 e. The van der Waals surface area contributed by atoms with Gasteiger partial charge in [-0.05, 0) is 44.5 Å². The molecule has 0 aliphatic rings. The van der Waals surface area contributed by atoms with Crippen LogP contribution in [0.15, 0.2) is 18.2 Å². The van der Waals surface area contributed by atoms with Crippen LogP contribution in [0.3, 0.4) is 0 Å². The third-order valence-corrected chi connectivity index (χ3v) is 3.80. The Hall–Kier alpha value is -2.70. The number of nitrogens with zero attached hydrogens (tertiary/aromatic N) is 2. The summed E-state index contributed by atoms with van der Waals surface area (Å²) < 4.78 is 13.5. The van der Waals surface area contributed by atoms with Crippen LogP contribution in [0.1, 0.15) is 35.9 Å². The fourth-order valence-electron chi connectivity index (χ4n) is 2.65. The van der Waals surface area contributed by atoms with E-state index in [-0.39, 0.29) is 24.2 Å². The number of nitrogens with one attached hydrogen (secondary N) is 3. The Morgan fingerprint density at radius 1 is 1.39 bits per heavy atom. The lowest BCUT2D eigenvalue weighted by atomic mass is 10.1. The number of halogens is 1. The van der Waals surface area contributed by atoms with E-state index in [0.717, 1.165) is 22.2 Å². The zero-order valence-corrected chi connectivity index (χ0v) is 13.2. The van der Waals surface area contributed by atoms with Gasteiger partial charge < -0.3 is 10.3 Å². The molecule has 3 rings (SSSR count). The number of carbonyl (C=O) groups excluding carboxylic acids is 1. The maximum absolute atomic E-state index is 13.5. The number of hydrogen-bond acceptors (Lipinski definition) is 3. The Balaban J connectivity index is 1.77. The van der Waals surface area contributed by atoms with E-state index in [2.05, 4.69) is 25.5 Å². The van der Waals surface area contributed by atoms with Gasteiger partial charge in [-0.1, -0.05) is 0 Å². The Kier molecular flexibility index (Phi) is 3.85. The van der Waals surface area contributed by atoms with E-state index in [0.29, 0.717) is 11.6 Å². The third-order valence-electron chi connectivity index (χ3n) is 3.80. The number of hydrogen-bond donors (Lipinski definition) is 3. The summed E-state index contributed by atoms with van der Waals surface area (Å²) in [7, 11) is 0. The summed E-state index contributed by atoms with van der Waals surface area (Å²) in [6.45, 7) is 5.50. The van der Waals surface area contributed by atoms with E-state index < -0.39 is 0 Å². The molecule has 0 spiro atoms. The molecule has 2 aromatic heterocycles. The molecule has 1 amide bonds. The first-order chi connectivity index (χ1) is 10.9. The van der Waals surface area contributed by atoms with Crippen LogP contribution < -0.4 is 5.32 Å². The molecule has 6 nitrogen and oxygen atoms in total. The first-order valence-corrected chi connectivity index (χ1v) is 7.39. The summed E-state index contributed by atoms with van der Waals surface area (Å²) in [6, 6.07) is 4.23. The quantitative estimate of drug-likeness (QED) is 0.691. The molecule has 120 valence electrons. The topological polar surface area (TPSA) is 86.5 Å². The van der Waals surface area contributed by atoms with Gasteiger partial charge in [0.2, 0.25) is 5.91 Å². The van der Waals surface area contributed by atoms with E-state index in [1.165, 1.54) is 12.1 Å². The highest BCUT2D eigenvalue weighted by Crippen LogP contribution is 2.23. The van der Waals surface area contributed by atoms with E-state index in [1.807, 2.05) is 13.8 Å². The largest absolute Gasteiger partial charge is 0.358 e. The first kappa shape index (κ1) is 15.2. The van der Waals surface area contributed by atoms with Crippen LogP contribution in [0.5, 0.6) is 0 Å². The zero-order chi connectivity index (χ0) is 16.6. The van der Waals surface area contributed by atoms with Gasteiger partial charge in [-0.15, -0.1) is 0 Å². The van der Waals surface area contributed by atoms with E-state index in [1.54, 1.807) is 13.0 Å². The van der Waals surface area contributed by atoms with Gasteiger partial charge in [0.25, 0.3) is 0 Å². The molecule has 0 fully saturated rings. The second-order valence-corrected chi connectivity index (χ2v) is 5.66. The SMILES string of the molecule is Cc1nc(C(C)NC(=O)Cc2c(C)[nH]c3ccc(F)cc23)n[nH]1. The second-order valence-electron chi connectivity index (χ2n) is 5.66. The van der Waals surface area contributed by atoms with E-state index in [9.17, 15) is 9.18 Å². The number of carbonyl (C=O) groups is 1. The van der Waals surface area contributed by atoms with Crippen LogP contribution in [0.4, 0.5) is 4.39 Å². The molecule has 1 aromatic carbocycles. The molecule has 3 N–H and O–H groups in total. The molecule has 3 aromatic rings. The van der Waals surface area contributed by atoms with Crippen molar-refractivity contribution in [2.45, 2.75) is 33.2 Å². The lowest BCUT2D eigenvalue weighted by Crippen LogP contribution is -2.29. The van der Waals surface area contributed by atoms with Crippen LogP contribution in [0, 0.1) is 19.7 Å². The van der Waals surface area contributed by atoms with Gasteiger partial charge in [-0.3, -0.25) is 9.89 Å². The van der Waals surface area contributed by atoms with Crippen LogP contribution in [0.2, 0.25) is 0 Å². The number of aryl methyl sites for hydroxylation is 2. The van der Waals surface area contributed by atoms with Crippen molar-refractivity contribution in [1.82, 2.24) is 25.5 Å². The van der Waals surface area contributed by atoms with Gasteiger partial charge >= 0.3 is 0 Å². The summed E-state index contributed by atoms with van der Waals surface area (Å²) in [6.07, 6.45) is 0.170. The number of rotatable bonds is 4. The molecule has 23 heavy (non-hydrogen) atoms. The molecule has 2 heterocycles. The minimum Gasteiger partial charge on any atom is -0.358 e. The van der Waals surface area contributed by atoms with Crippen LogP contribution in [0.25, 0.3) is 10.9 Å². The van der Waals surface area contributed by atoms with Gasteiger partial charge in [0.15, 0.2) is 5.82 Å². The van der Waals surface area contributed by atoms with Crippen LogP contribution in [-0.2, 0) is 11.2 Å². The molecule has 0 saturated carbocycles. The lowest BCUT2D eigenvalue weighted by molar-refractivity contribution is -0.121. The first-order valence-electron chi connectivity index (χ1n) is 7.39. The normalized spacial score (nSPS) is 12.5. The minimum absolute atomic E-state index is 0.159. The predicted molar refractivity (Wildman–Crippen MR) is 84.4 cm³/mol. The minimum atomic E-state index is -0.317. The summed E-state index contributed by atoms with van der Waals surface area (Å²) in [5.41, 5.74) is 2.49. The van der Waals surface area contributed by atoms with Crippen molar-refractivity contribution in [1.29, 1.82) is 0 Å². The number of H-pyrrole nitrogens is 2. The molecule has 0 bridgehead atoms. The van der Waals surface area contributed by atoms with Crippen molar-refractivity contribution in [2.24, 2.45) is 0 Å². The Labute approximate surface area is 132 Å². The summed E-state index contributed by atoms with van der Waals surface area (Å²) in [5.74, 6) is 0.762. The number of aromatic amines is 2. The van der Waals surface area contributed by atoms with E-state index in [4.69, 9.17) is 0 Å². The average molecular weight is 315 g/mol. The molecule has 1 atom stereocenters. The highest BCUT2D eigenvalue weighted by atomic mass is 19.1. The summed E-state index contributed by atoms with van der Waals surface area (Å²) >= 11 is 0. The monoisotopic (exact) mass is 315 g/mol. The maximum Gasteiger partial charge on any atom is 0.225 e. The highest BCUT2D eigenvalue weighted by Gasteiger charge is 2.17. The molecule has 0 saturated heterocycles. The number of benzene rings is 1. The number of aromatic nitrogens is 4. The van der Waals surface area contributed by atoms with Crippen LogP contribution >= 0.6 is 0 Å². The fraction of sp³-hybridized carbons (Fsp3) is 0.312. The standard InChI is InChI=1S/C16H18FN5O/c1-8-12(13-6-11(17)4-5-14(13)18-8)7-15(23)19-9(2)16-20-10(3)21-22-16/h4-6,9,18H,7H2,1-3H3,(H,19,23)(H,20,21,22). The number of fused-ring (bicyclic) bond motifs is 1. The van der Waals surface area contributed by atoms with Gasteiger partial charge in [0.05, 0.1) is 12.5 Å². The summed E-state index contributed by atoms with van der Waals surface area (Å²) in [5, 5.41) is 10.4. The molecule has 0 aliphatic carbocycles. The van der Waals surface area contributed by atoms with Crippen molar-refractivity contribution >= 4 is 16.8 Å². The highest BCUT2D eigenvalue weighted by molar-refractivity contribution is 5.90. The van der Waals surface area contributed by atoms with Crippen molar-refractivity contribution < 1.29 is 9.18 Å². The lowest BCUT2D eigenvalue weighted by Gasteiger charge is -2.10. The molecular formula is C16H18FN5O. The van der Waals surface area contributed by atoms with Crippen molar-refractivity contribution in [3.63, 3.8) is 0 Å². The predicted octanol–water partition coefficient (Wildman–Crippen LogP) is 2.46. The fourth-order valence-corrected chi connectivity index (χ4v) is 2.65. The van der Waals surface area contributed by atoms with Gasteiger partial charge in [0, 0.05) is 16.6 Å². The zero-order valence-electron chi connectivity index (χ0n) is 13.2. The van der Waals surface area contributed by atoms with Gasteiger partial charge in [0.1, 0.15) is 11.6 Å². The van der Waals surface area contributed by atoms with Gasteiger partial charge in [-0.25, -0.2) is 9.37 Å². The Morgan fingerprint density at radius 2 is 2.17 bits per heavy atom. The van der Waals surface area contributed by atoms with Crippen LogP contribution in [-0.4, -0.2) is 26.1 Å².